The van der Waals surface area contributed by atoms with E-state index in [1.54, 1.807) is 0 Å². The Morgan fingerprint density at radius 1 is 1.65 bits per heavy atom. The Hall–Kier alpha value is -1.64. The van der Waals surface area contributed by atoms with E-state index in [1.807, 2.05) is 29.2 Å². The molecule has 0 bridgehead atoms. The van der Waals surface area contributed by atoms with Crippen LogP contribution in [0.15, 0.2) is 29.9 Å². The number of carbonyl (C=O) groups is 1. The third-order valence-corrected chi connectivity index (χ3v) is 4.68. The van der Waals surface area contributed by atoms with E-state index in [-0.39, 0.29) is 11.6 Å². The molecule has 2 heterocycles. The van der Waals surface area contributed by atoms with Gasteiger partial charge in [-0.2, -0.15) is 0 Å². The number of nitrogens with zero attached hydrogens (tertiary/aromatic N) is 1. The molecular formula is C16H21N2O2+. The molecule has 0 saturated carbocycles. The van der Waals surface area contributed by atoms with Crippen LogP contribution in [0.1, 0.15) is 19.8 Å². The summed E-state index contributed by atoms with van der Waals surface area (Å²) in [5.74, 6) is 0.550. The molecule has 0 aromatic rings. The average Bonchev–Trinajstić information content (AvgIpc) is 2.52. The van der Waals surface area contributed by atoms with Crippen molar-refractivity contribution in [3.8, 4) is 0 Å². The van der Waals surface area contributed by atoms with Gasteiger partial charge in [0.05, 0.1) is 17.7 Å². The molecule has 4 heteroatoms. The van der Waals surface area contributed by atoms with E-state index in [2.05, 4.69) is 18.3 Å². The number of likely N-dealkylation sites (tertiary alicyclic amines) is 1. The quantitative estimate of drug-likeness (QED) is 0.783. The van der Waals surface area contributed by atoms with Crippen molar-refractivity contribution in [1.82, 2.24) is 10.2 Å². The molecule has 3 aliphatic rings. The van der Waals surface area contributed by atoms with Crippen LogP contribution in [0.25, 0.3) is 0 Å². The molecule has 2 atom stereocenters. The van der Waals surface area contributed by atoms with Gasteiger partial charge in [-0.1, -0.05) is 6.92 Å². The van der Waals surface area contributed by atoms with Crippen LogP contribution in [0.5, 0.6) is 0 Å². The molecule has 1 N–H and O–H groups in total. The van der Waals surface area contributed by atoms with Crippen LogP contribution in [0.3, 0.4) is 0 Å². The Morgan fingerprint density at radius 3 is 3.20 bits per heavy atom. The number of nitrogens with one attached hydrogen (secondary N) is 1. The monoisotopic (exact) mass is 273 g/mol. The smallest absolute Gasteiger partial charge is 0.410 e. The molecule has 0 radical (unpaired) electrons. The van der Waals surface area contributed by atoms with Gasteiger partial charge in [0.15, 0.2) is 0 Å². The lowest BCUT2D eigenvalue weighted by molar-refractivity contribution is -0.0727. The Balaban J connectivity index is 1.58. The number of hydrogen-bond acceptors (Lipinski definition) is 3. The largest absolute Gasteiger partial charge is 0.442 e. The van der Waals surface area contributed by atoms with Gasteiger partial charge in [0.1, 0.15) is 24.3 Å². The minimum absolute atomic E-state index is 0.0141. The van der Waals surface area contributed by atoms with E-state index in [0.29, 0.717) is 12.5 Å². The number of piperidine rings is 1. The summed E-state index contributed by atoms with van der Waals surface area (Å²) < 4.78 is 5.45. The number of rotatable bonds is 2. The van der Waals surface area contributed by atoms with Crippen LogP contribution >= 0.6 is 0 Å². The van der Waals surface area contributed by atoms with E-state index >= 15 is 0 Å². The zero-order valence-corrected chi connectivity index (χ0v) is 11.9. The van der Waals surface area contributed by atoms with Crippen LogP contribution in [0, 0.1) is 12.0 Å². The molecule has 3 rings (SSSR count). The molecular weight excluding hydrogens is 252 g/mol. The second kappa shape index (κ2) is 5.39. The molecule has 1 spiro atoms. The molecule has 2 aliphatic heterocycles. The highest BCUT2D eigenvalue weighted by atomic mass is 16.6. The average molecular weight is 273 g/mol. The maximum atomic E-state index is 12.3. The Bertz CT molecular complexity index is 473. The van der Waals surface area contributed by atoms with Gasteiger partial charge >= 0.3 is 6.09 Å². The third-order valence-electron chi connectivity index (χ3n) is 4.68. The van der Waals surface area contributed by atoms with Crippen LogP contribution < -0.4 is 5.32 Å². The molecule has 0 aromatic heterocycles. The zero-order valence-electron chi connectivity index (χ0n) is 11.9. The predicted octanol–water partition coefficient (Wildman–Crippen LogP) is 2.05. The van der Waals surface area contributed by atoms with Gasteiger partial charge in [-0.15, -0.1) is 0 Å². The fraction of sp³-hybridized carbons (Fsp3) is 0.562. The van der Waals surface area contributed by atoms with Crippen molar-refractivity contribution in [2.75, 3.05) is 26.2 Å². The second-order valence-corrected chi connectivity index (χ2v) is 5.86. The van der Waals surface area contributed by atoms with Crippen molar-refractivity contribution < 1.29 is 9.53 Å². The molecule has 20 heavy (non-hydrogen) atoms. The first-order valence-electron chi connectivity index (χ1n) is 7.32. The van der Waals surface area contributed by atoms with Gasteiger partial charge in [-0.25, -0.2) is 4.79 Å². The minimum Gasteiger partial charge on any atom is -0.442 e. The van der Waals surface area contributed by atoms with E-state index in [0.717, 1.165) is 38.0 Å². The van der Waals surface area contributed by atoms with Crippen LogP contribution in [-0.4, -0.2) is 42.8 Å². The normalized spacial score (nSPS) is 31.6. The molecule has 2 fully saturated rings. The molecule has 1 amide bonds. The van der Waals surface area contributed by atoms with Crippen LogP contribution in [0.2, 0.25) is 0 Å². The Kier molecular flexibility index (Phi) is 3.60. The van der Waals surface area contributed by atoms with Crippen molar-refractivity contribution in [3.05, 3.63) is 36.0 Å². The Labute approximate surface area is 120 Å². The standard InChI is InChI=1S/C16H21N2O2/c1-13-10-18(16(13)8-5-9-17-12-16)15(19)20-11-14-6-3-2-4-7-14/h3-4,6-7,13,17H,5,8-12H2,1H3/q+1. The van der Waals surface area contributed by atoms with Crippen molar-refractivity contribution in [2.24, 2.45) is 5.92 Å². The van der Waals surface area contributed by atoms with Gasteiger partial charge in [0.25, 0.3) is 0 Å². The fourth-order valence-corrected chi connectivity index (χ4v) is 3.34. The van der Waals surface area contributed by atoms with Crippen molar-refractivity contribution in [3.63, 3.8) is 0 Å². The second-order valence-electron chi connectivity index (χ2n) is 5.86. The Morgan fingerprint density at radius 2 is 2.55 bits per heavy atom. The van der Waals surface area contributed by atoms with E-state index in [4.69, 9.17) is 4.74 Å². The summed E-state index contributed by atoms with van der Waals surface area (Å²) in [6.07, 6.45) is 12.5. The first-order valence-corrected chi connectivity index (χ1v) is 7.32. The molecule has 4 nitrogen and oxygen atoms in total. The van der Waals surface area contributed by atoms with Gasteiger partial charge in [-0.05, 0) is 25.3 Å². The summed E-state index contributed by atoms with van der Waals surface area (Å²) in [4.78, 5) is 14.2. The van der Waals surface area contributed by atoms with Crippen molar-refractivity contribution in [2.45, 2.75) is 25.3 Å². The van der Waals surface area contributed by atoms with E-state index in [1.165, 1.54) is 0 Å². The van der Waals surface area contributed by atoms with Crippen molar-refractivity contribution >= 4 is 6.09 Å². The van der Waals surface area contributed by atoms with Gasteiger partial charge in [-0.3, -0.25) is 0 Å². The number of carbonyl (C=O) groups excluding carboxylic acids is 1. The number of allylic oxidation sites excluding steroid dienone is 4. The summed E-state index contributed by atoms with van der Waals surface area (Å²) in [6, 6.07) is 0. The molecule has 1 aliphatic carbocycles. The first kappa shape index (κ1) is 13.3. The highest BCUT2D eigenvalue weighted by molar-refractivity contribution is 5.70. The molecule has 2 unspecified atom stereocenters. The topological polar surface area (TPSA) is 41.6 Å². The highest BCUT2D eigenvalue weighted by Crippen LogP contribution is 2.41. The maximum Gasteiger partial charge on any atom is 0.410 e. The van der Waals surface area contributed by atoms with Crippen LogP contribution in [-0.2, 0) is 4.74 Å². The summed E-state index contributed by atoms with van der Waals surface area (Å²) in [7, 11) is 0. The van der Waals surface area contributed by atoms with Gasteiger partial charge in [0.2, 0.25) is 0 Å². The number of ether oxygens (including phenoxy) is 1. The highest BCUT2D eigenvalue weighted by Gasteiger charge is 2.54. The maximum absolute atomic E-state index is 12.3. The van der Waals surface area contributed by atoms with Crippen LogP contribution in [0.4, 0.5) is 4.79 Å². The predicted molar refractivity (Wildman–Crippen MR) is 77.1 cm³/mol. The number of hydrogen-bond donors (Lipinski definition) is 1. The van der Waals surface area contributed by atoms with E-state index in [9.17, 15) is 4.79 Å². The van der Waals surface area contributed by atoms with Gasteiger partial charge in [0, 0.05) is 19.2 Å². The number of amides is 1. The molecule has 0 aromatic carbocycles. The molecule has 2 saturated heterocycles. The summed E-state index contributed by atoms with van der Waals surface area (Å²) >= 11 is 0. The summed E-state index contributed by atoms with van der Waals surface area (Å²) in [5.41, 5.74) is 0.987. The summed E-state index contributed by atoms with van der Waals surface area (Å²) in [6.45, 7) is 5.32. The fourth-order valence-electron chi connectivity index (χ4n) is 3.34. The lowest BCUT2D eigenvalue weighted by Crippen LogP contribution is -2.73. The minimum atomic E-state index is -0.181. The van der Waals surface area contributed by atoms with E-state index < -0.39 is 0 Å². The lowest BCUT2D eigenvalue weighted by atomic mass is 9.70. The third kappa shape index (κ3) is 2.26. The lowest BCUT2D eigenvalue weighted by Gasteiger charge is -2.58. The first-order chi connectivity index (χ1) is 9.72. The molecule has 106 valence electrons. The van der Waals surface area contributed by atoms with Crippen molar-refractivity contribution in [1.29, 1.82) is 0 Å². The SMILES string of the molecule is CC1CN(C(=O)OCC2=CC=[C+]C=C2)C12CCCNC2. The summed E-state index contributed by atoms with van der Waals surface area (Å²) in [5, 5.41) is 3.41. The van der Waals surface area contributed by atoms with Gasteiger partial charge < -0.3 is 15.0 Å². The zero-order chi connectivity index (χ0) is 14.0.